The van der Waals surface area contributed by atoms with E-state index in [1.165, 1.54) is 0 Å². The zero-order valence-electron chi connectivity index (χ0n) is 9.97. The molecule has 0 aromatic heterocycles. The van der Waals surface area contributed by atoms with E-state index in [-0.39, 0.29) is 6.42 Å². The maximum atomic E-state index is 11.3. The van der Waals surface area contributed by atoms with Crippen molar-refractivity contribution in [2.45, 2.75) is 6.42 Å². The summed E-state index contributed by atoms with van der Waals surface area (Å²) in [6.45, 7) is 0. The number of carbonyl (C=O) groups excluding carboxylic acids is 1. The van der Waals surface area contributed by atoms with Crippen LogP contribution < -0.4 is 0 Å². The highest BCUT2D eigenvalue weighted by molar-refractivity contribution is 6.34. The van der Waals surface area contributed by atoms with E-state index in [4.69, 9.17) is 16.7 Å². The van der Waals surface area contributed by atoms with E-state index >= 15 is 0 Å². The van der Waals surface area contributed by atoms with E-state index in [9.17, 15) is 9.59 Å². The smallest absolute Gasteiger partial charge is 0.372 e. The molecule has 2 aromatic rings. The molecule has 0 fully saturated rings. The lowest BCUT2D eigenvalue weighted by Gasteiger charge is -2.09. The highest BCUT2D eigenvalue weighted by Gasteiger charge is 2.15. The first-order valence-electron chi connectivity index (χ1n) is 5.68. The van der Waals surface area contributed by atoms with Crippen LogP contribution in [0, 0.1) is 0 Å². The fourth-order valence-corrected chi connectivity index (χ4v) is 2.10. The Morgan fingerprint density at radius 2 is 1.53 bits per heavy atom. The quantitative estimate of drug-likeness (QED) is 0.871. The van der Waals surface area contributed by atoms with E-state index in [0.29, 0.717) is 10.6 Å². The summed E-state index contributed by atoms with van der Waals surface area (Å²) in [6, 6.07) is 14.4. The lowest BCUT2D eigenvalue weighted by Crippen LogP contribution is -2.15. The highest BCUT2D eigenvalue weighted by atomic mass is 35.5. The molecule has 0 saturated carbocycles. The van der Waals surface area contributed by atoms with E-state index in [1.54, 1.807) is 18.2 Å². The third kappa shape index (κ3) is 3.01. The standard InChI is InChI=1S/C15H11ClO3/c16-13-8-4-3-7-12(13)11-6-2-1-5-10(11)9-14(17)15(18)19/h1-8H,9H2,(H,18,19). The van der Waals surface area contributed by atoms with Gasteiger partial charge in [0.15, 0.2) is 0 Å². The van der Waals surface area contributed by atoms with Gasteiger partial charge in [0, 0.05) is 17.0 Å². The molecule has 0 aliphatic rings. The van der Waals surface area contributed by atoms with E-state index < -0.39 is 11.8 Å². The molecule has 3 nitrogen and oxygen atoms in total. The van der Waals surface area contributed by atoms with Gasteiger partial charge in [-0.3, -0.25) is 4.79 Å². The number of carboxylic acids is 1. The number of Topliss-reactive ketones (excluding diaryl/α,β-unsaturated/α-hetero) is 1. The number of carbonyl (C=O) groups is 2. The van der Waals surface area contributed by atoms with Gasteiger partial charge in [0.05, 0.1) is 0 Å². The molecule has 0 atom stereocenters. The van der Waals surface area contributed by atoms with Crippen LogP contribution in [0.15, 0.2) is 48.5 Å². The summed E-state index contributed by atoms with van der Waals surface area (Å²) in [7, 11) is 0. The first kappa shape index (κ1) is 13.3. The van der Waals surface area contributed by atoms with Crippen molar-refractivity contribution < 1.29 is 14.7 Å². The van der Waals surface area contributed by atoms with Crippen LogP contribution >= 0.6 is 11.6 Å². The van der Waals surface area contributed by atoms with Crippen LogP contribution in [0.1, 0.15) is 5.56 Å². The second-order valence-corrected chi connectivity index (χ2v) is 4.45. The van der Waals surface area contributed by atoms with E-state index in [2.05, 4.69) is 0 Å². The SMILES string of the molecule is O=C(O)C(=O)Cc1ccccc1-c1ccccc1Cl. The maximum absolute atomic E-state index is 11.3. The van der Waals surface area contributed by atoms with Crippen LogP contribution in [0.25, 0.3) is 11.1 Å². The van der Waals surface area contributed by atoms with Crippen molar-refractivity contribution in [3.8, 4) is 11.1 Å². The molecule has 0 spiro atoms. The van der Waals surface area contributed by atoms with Crippen molar-refractivity contribution in [1.29, 1.82) is 0 Å². The predicted octanol–water partition coefficient (Wildman–Crippen LogP) is 3.20. The summed E-state index contributed by atoms with van der Waals surface area (Å²) < 4.78 is 0. The molecule has 96 valence electrons. The molecular weight excluding hydrogens is 264 g/mol. The molecule has 2 rings (SSSR count). The zero-order chi connectivity index (χ0) is 13.8. The van der Waals surface area contributed by atoms with Gasteiger partial charge in [-0.05, 0) is 17.2 Å². The van der Waals surface area contributed by atoms with E-state index in [0.717, 1.165) is 11.1 Å². The summed E-state index contributed by atoms with van der Waals surface area (Å²) in [4.78, 5) is 22.0. The number of benzene rings is 2. The second kappa shape index (κ2) is 5.67. The molecule has 2 aromatic carbocycles. The number of hydrogen-bond acceptors (Lipinski definition) is 2. The largest absolute Gasteiger partial charge is 0.475 e. The molecular formula is C15H11ClO3. The fraction of sp³-hybridized carbons (Fsp3) is 0.0667. The summed E-state index contributed by atoms with van der Waals surface area (Å²) in [5.41, 5.74) is 2.23. The van der Waals surface area contributed by atoms with Crippen molar-refractivity contribution in [3.63, 3.8) is 0 Å². The highest BCUT2D eigenvalue weighted by Crippen LogP contribution is 2.30. The Labute approximate surface area is 115 Å². The Bertz CT molecular complexity index is 635. The van der Waals surface area contributed by atoms with Crippen molar-refractivity contribution in [3.05, 3.63) is 59.1 Å². The van der Waals surface area contributed by atoms with Gasteiger partial charge in [0.25, 0.3) is 0 Å². The van der Waals surface area contributed by atoms with Gasteiger partial charge in [0.2, 0.25) is 5.78 Å². The molecule has 19 heavy (non-hydrogen) atoms. The van der Waals surface area contributed by atoms with Crippen molar-refractivity contribution in [2.24, 2.45) is 0 Å². The summed E-state index contributed by atoms with van der Waals surface area (Å²) in [5.74, 6) is -2.26. The molecule has 0 unspecified atom stereocenters. The maximum Gasteiger partial charge on any atom is 0.372 e. The molecule has 0 aliphatic carbocycles. The monoisotopic (exact) mass is 274 g/mol. The van der Waals surface area contributed by atoms with Gasteiger partial charge >= 0.3 is 5.97 Å². The molecule has 4 heteroatoms. The van der Waals surface area contributed by atoms with Crippen LogP contribution in [0.2, 0.25) is 5.02 Å². The number of rotatable bonds is 4. The Balaban J connectivity index is 2.45. The van der Waals surface area contributed by atoms with Crippen LogP contribution in [0.4, 0.5) is 0 Å². The van der Waals surface area contributed by atoms with Crippen LogP contribution in [0.3, 0.4) is 0 Å². The molecule has 1 N–H and O–H groups in total. The van der Waals surface area contributed by atoms with Crippen molar-refractivity contribution in [2.75, 3.05) is 0 Å². The Morgan fingerprint density at radius 1 is 0.947 bits per heavy atom. The lowest BCUT2D eigenvalue weighted by atomic mass is 9.96. The average molecular weight is 275 g/mol. The molecule has 0 amide bonds. The zero-order valence-corrected chi connectivity index (χ0v) is 10.7. The van der Waals surface area contributed by atoms with Gasteiger partial charge in [-0.2, -0.15) is 0 Å². The first-order valence-corrected chi connectivity index (χ1v) is 6.06. The number of ketones is 1. The van der Waals surface area contributed by atoms with Crippen molar-refractivity contribution in [1.82, 2.24) is 0 Å². The third-order valence-electron chi connectivity index (χ3n) is 2.77. The number of aliphatic carboxylic acids is 1. The lowest BCUT2D eigenvalue weighted by molar-refractivity contribution is -0.148. The predicted molar refractivity (Wildman–Crippen MR) is 73.2 cm³/mol. The molecule has 0 radical (unpaired) electrons. The Hall–Kier alpha value is -2.13. The number of carboxylic acid groups (broad SMARTS) is 1. The van der Waals surface area contributed by atoms with Crippen molar-refractivity contribution >= 4 is 23.4 Å². The fourth-order valence-electron chi connectivity index (χ4n) is 1.87. The van der Waals surface area contributed by atoms with Crippen LogP contribution in [0.5, 0.6) is 0 Å². The van der Waals surface area contributed by atoms with Gasteiger partial charge in [-0.1, -0.05) is 54.1 Å². The van der Waals surface area contributed by atoms with Gasteiger partial charge in [-0.25, -0.2) is 4.79 Å². The van der Waals surface area contributed by atoms with Gasteiger partial charge < -0.3 is 5.11 Å². The minimum Gasteiger partial charge on any atom is -0.475 e. The average Bonchev–Trinajstić information content (AvgIpc) is 2.40. The minimum absolute atomic E-state index is 0.142. The number of halogens is 1. The van der Waals surface area contributed by atoms with Crippen LogP contribution in [-0.2, 0) is 16.0 Å². The molecule has 0 bridgehead atoms. The Morgan fingerprint density at radius 3 is 2.16 bits per heavy atom. The Kier molecular flexibility index (Phi) is 3.97. The normalized spacial score (nSPS) is 10.2. The summed E-state index contributed by atoms with van der Waals surface area (Å²) in [6.07, 6.45) is -0.142. The van der Waals surface area contributed by atoms with Gasteiger partial charge in [-0.15, -0.1) is 0 Å². The molecule has 0 heterocycles. The first-order chi connectivity index (χ1) is 9.09. The van der Waals surface area contributed by atoms with E-state index in [1.807, 2.05) is 30.3 Å². The van der Waals surface area contributed by atoms with Crippen LogP contribution in [-0.4, -0.2) is 16.9 Å². The third-order valence-corrected chi connectivity index (χ3v) is 3.10. The molecule has 0 saturated heterocycles. The number of hydrogen-bond donors (Lipinski definition) is 1. The minimum atomic E-state index is -1.42. The molecule has 0 aliphatic heterocycles. The second-order valence-electron chi connectivity index (χ2n) is 4.04. The van der Waals surface area contributed by atoms with Gasteiger partial charge in [0.1, 0.15) is 0 Å². The topological polar surface area (TPSA) is 54.4 Å². The summed E-state index contributed by atoms with van der Waals surface area (Å²) in [5, 5.41) is 9.25. The summed E-state index contributed by atoms with van der Waals surface area (Å²) >= 11 is 6.13.